The molecule has 0 fully saturated rings. The summed E-state index contributed by atoms with van der Waals surface area (Å²) in [6, 6.07) is 14.5. The minimum Gasteiger partial charge on any atom is -0.318 e. The third-order valence-corrected chi connectivity index (χ3v) is 4.13. The first kappa shape index (κ1) is 16.2. The number of anilines is 2. The van der Waals surface area contributed by atoms with Crippen molar-refractivity contribution in [1.29, 1.82) is 0 Å². The van der Waals surface area contributed by atoms with Gasteiger partial charge < -0.3 is 10.2 Å². The molecule has 0 aliphatic heterocycles. The molecule has 2 rings (SSSR count). The summed E-state index contributed by atoms with van der Waals surface area (Å²) in [6.45, 7) is 4.18. The number of benzene rings is 2. The summed E-state index contributed by atoms with van der Waals surface area (Å²) < 4.78 is 0.955. The zero-order valence-electron chi connectivity index (χ0n) is 12.5. The van der Waals surface area contributed by atoms with Gasteiger partial charge in [0.15, 0.2) is 0 Å². The maximum absolute atomic E-state index is 12.3. The topological polar surface area (TPSA) is 49.4 Å². The lowest BCUT2D eigenvalue weighted by Crippen LogP contribution is -2.39. The molecule has 0 saturated carbocycles. The van der Waals surface area contributed by atoms with Gasteiger partial charge in [-0.25, -0.2) is 0 Å². The molecule has 0 aliphatic rings. The summed E-state index contributed by atoms with van der Waals surface area (Å²) in [7, 11) is 0. The van der Waals surface area contributed by atoms with E-state index in [-0.39, 0.29) is 0 Å². The summed E-state index contributed by atoms with van der Waals surface area (Å²) in [6.07, 6.45) is 0. The van der Waals surface area contributed by atoms with Crippen molar-refractivity contribution in [3.63, 3.8) is 0 Å². The number of amides is 2. The van der Waals surface area contributed by atoms with E-state index in [0.29, 0.717) is 17.9 Å². The molecule has 0 heterocycles. The van der Waals surface area contributed by atoms with Gasteiger partial charge in [-0.2, -0.15) is 0 Å². The largest absolute Gasteiger partial charge is 0.318 e. The molecule has 0 saturated heterocycles. The average molecular weight is 361 g/mol. The molecule has 0 unspecified atom stereocenters. The minimum absolute atomic E-state index is 0.426. The molecule has 0 spiro atoms. The molecular formula is C17H17BrN2O2. The summed E-state index contributed by atoms with van der Waals surface area (Å²) >= 11 is 3.40. The van der Waals surface area contributed by atoms with Gasteiger partial charge in [0.05, 0.1) is 0 Å². The van der Waals surface area contributed by atoms with Gasteiger partial charge in [0, 0.05) is 22.4 Å². The Bertz CT molecular complexity index is 686. The van der Waals surface area contributed by atoms with E-state index >= 15 is 0 Å². The van der Waals surface area contributed by atoms with Crippen LogP contribution in [0.4, 0.5) is 11.4 Å². The second kappa shape index (κ2) is 7.22. The Balaban J connectivity index is 2.14. The van der Waals surface area contributed by atoms with E-state index in [1.807, 2.05) is 44.2 Å². The van der Waals surface area contributed by atoms with Gasteiger partial charge in [-0.15, -0.1) is 0 Å². The summed E-state index contributed by atoms with van der Waals surface area (Å²) in [5.74, 6) is -1.22. The van der Waals surface area contributed by atoms with Crippen molar-refractivity contribution in [2.75, 3.05) is 16.8 Å². The number of halogens is 1. The van der Waals surface area contributed by atoms with Crippen LogP contribution in [0.2, 0.25) is 0 Å². The zero-order valence-corrected chi connectivity index (χ0v) is 14.1. The second-order valence-corrected chi connectivity index (χ2v) is 5.66. The maximum atomic E-state index is 12.3. The summed E-state index contributed by atoms with van der Waals surface area (Å²) in [5, 5.41) is 2.64. The lowest BCUT2D eigenvalue weighted by Gasteiger charge is -2.20. The van der Waals surface area contributed by atoms with E-state index in [1.54, 1.807) is 18.2 Å². The van der Waals surface area contributed by atoms with Gasteiger partial charge >= 0.3 is 11.8 Å². The van der Waals surface area contributed by atoms with Crippen LogP contribution in [0.1, 0.15) is 12.5 Å². The first-order valence-electron chi connectivity index (χ1n) is 6.97. The number of rotatable bonds is 3. The molecule has 2 amide bonds. The number of likely N-dealkylation sites (N-methyl/N-ethyl adjacent to an activating group) is 1. The van der Waals surface area contributed by atoms with Crippen molar-refractivity contribution in [2.24, 2.45) is 0 Å². The fourth-order valence-electron chi connectivity index (χ4n) is 2.08. The number of nitrogens with zero attached hydrogens (tertiary/aromatic N) is 1. The first-order chi connectivity index (χ1) is 10.5. The molecule has 0 aliphatic carbocycles. The number of nitrogens with one attached hydrogen (secondary N) is 1. The van der Waals surface area contributed by atoms with Crippen LogP contribution in [-0.4, -0.2) is 18.4 Å². The highest BCUT2D eigenvalue weighted by Gasteiger charge is 2.22. The SMILES string of the molecule is CCN(C(=O)C(=O)Nc1ccc(Br)c(C)c1)c1ccccc1. The number of hydrogen-bond donors (Lipinski definition) is 1. The highest BCUT2D eigenvalue weighted by Crippen LogP contribution is 2.20. The summed E-state index contributed by atoms with van der Waals surface area (Å²) in [4.78, 5) is 25.9. The standard InChI is InChI=1S/C17H17BrN2O2/c1-3-20(14-7-5-4-6-8-14)17(22)16(21)19-13-9-10-15(18)12(2)11-13/h4-11H,3H2,1-2H3,(H,19,21). The molecule has 0 bridgehead atoms. The molecule has 0 aromatic heterocycles. The van der Waals surface area contributed by atoms with Crippen molar-refractivity contribution >= 4 is 39.1 Å². The number of hydrogen-bond acceptors (Lipinski definition) is 2. The van der Waals surface area contributed by atoms with Crippen LogP contribution >= 0.6 is 15.9 Å². The molecule has 114 valence electrons. The van der Waals surface area contributed by atoms with Gasteiger partial charge in [0.2, 0.25) is 0 Å². The monoisotopic (exact) mass is 360 g/mol. The zero-order chi connectivity index (χ0) is 16.1. The van der Waals surface area contributed by atoms with E-state index in [1.165, 1.54) is 4.90 Å². The Labute approximate surface area is 138 Å². The second-order valence-electron chi connectivity index (χ2n) is 4.80. The molecule has 22 heavy (non-hydrogen) atoms. The van der Waals surface area contributed by atoms with E-state index in [4.69, 9.17) is 0 Å². The number of carbonyl (C=O) groups excluding carboxylic acids is 2. The fraction of sp³-hybridized carbons (Fsp3) is 0.176. The van der Waals surface area contributed by atoms with Crippen LogP contribution in [0, 0.1) is 6.92 Å². The predicted octanol–water partition coefficient (Wildman–Crippen LogP) is 3.75. The van der Waals surface area contributed by atoms with Gasteiger partial charge in [-0.05, 0) is 49.7 Å². The van der Waals surface area contributed by atoms with Crippen molar-refractivity contribution in [3.05, 3.63) is 58.6 Å². The Morgan fingerprint density at radius 1 is 1.14 bits per heavy atom. The highest BCUT2D eigenvalue weighted by atomic mass is 79.9. The van der Waals surface area contributed by atoms with Crippen molar-refractivity contribution in [3.8, 4) is 0 Å². The Morgan fingerprint density at radius 2 is 1.82 bits per heavy atom. The van der Waals surface area contributed by atoms with E-state index in [9.17, 15) is 9.59 Å². The summed E-state index contributed by atoms with van der Waals surface area (Å²) in [5.41, 5.74) is 2.29. The molecule has 0 radical (unpaired) electrons. The lowest BCUT2D eigenvalue weighted by atomic mass is 10.2. The normalized spacial score (nSPS) is 10.1. The predicted molar refractivity (Wildman–Crippen MR) is 92.0 cm³/mol. The van der Waals surface area contributed by atoms with Gasteiger partial charge in [0.25, 0.3) is 0 Å². The fourth-order valence-corrected chi connectivity index (χ4v) is 2.33. The number of carbonyl (C=O) groups is 2. The van der Waals surface area contributed by atoms with Crippen molar-refractivity contribution < 1.29 is 9.59 Å². The molecule has 1 N–H and O–H groups in total. The van der Waals surface area contributed by atoms with Crippen LogP contribution in [0.15, 0.2) is 53.0 Å². The van der Waals surface area contributed by atoms with Gasteiger partial charge in [-0.3, -0.25) is 9.59 Å². The molecule has 4 nitrogen and oxygen atoms in total. The molecular weight excluding hydrogens is 344 g/mol. The van der Waals surface area contributed by atoms with Crippen LogP contribution in [-0.2, 0) is 9.59 Å². The van der Waals surface area contributed by atoms with Crippen molar-refractivity contribution in [1.82, 2.24) is 0 Å². The molecule has 5 heteroatoms. The van der Waals surface area contributed by atoms with Gasteiger partial charge in [-0.1, -0.05) is 34.1 Å². The number of aryl methyl sites for hydroxylation is 1. The number of para-hydroxylation sites is 1. The molecule has 2 aromatic carbocycles. The van der Waals surface area contributed by atoms with Crippen LogP contribution in [0.25, 0.3) is 0 Å². The van der Waals surface area contributed by atoms with E-state index in [2.05, 4.69) is 21.2 Å². The third-order valence-electron chi connectivity index (χ3n) is 3.24. The van der Waals surface area contributed by atoms with Crippen LogP contribution < -0.4 is 10.2 Å². The maximum Gasteiger partial charge on any atom is 0.316 e. The quantitative estimate of drug-likeness (QED) is 0.847. The molecule has 2 aromatic rings. The van der Waals surface area contributed by atoms with Crippen LogP contribution in [0.3, 0.4) is 0 Å². The Morgan fingerprint density at radius 3 is 2.41 bits per heavy atom. The Hall–Kier alpha value is -2.14. The van der Waals surface area contributed by atoms with Crippen LogP contribution in [0.5, 0.6) is 0 Å². The third kappa shape index (κ3) is 3.74. The highest BCUT2D eigenvalue weighted by molar-refractivity contribution is 9.10. The smallest absolute Gasteiger partial charge is 0.316 e. The van der Waals surface area contributed by atoms with Crippen molar-refractivity contribution in [2.45, 2.75) is 13.8 Å². The Kier molecular flexibility index (Phi) is 5.33. The minimum atomic E-state index is -0.646. The van der Waals surface area contributed by atoms with Gasteiger partial charge in [0.1, 0.15) is 0 Å². The lowest BCUT2D eigenvalue weighted by molar-refractivity contribution is -0.134. The van der Waals surface area contributed by atoms with E-state index in [0.717, 1.165) is 10.0 Å². The molecule has 0 atom stereocenters. The average Bonchev–Trinajstić information content (AvgIpc) is 2.52. The first-order valence-corrected chi connectivity index (χ1v) is 7.76. The van der Waals surface area contributed by atoms with E-state index < -0.39 is 11.8 Å².